The summed E-state index contributed by atoms with van der Waals surface area (Å²) < 4.78 is 74.6. The van der Waals surface area contributed by atoms with Crippen molar-refractivity contribution >= 4 is 15.7 Å². The van der Waals surface area contributed by atoms with Crippen LogP contribution in [0.15, 0.2) is 29.2 Å². The normalized spacial score (nSPS) is 13.0. The highest BCUT2D eigenvalue weighted by Crippen LogP contribution is 2.27. The van der Waals surface area contributed by atoms with Gasteiger partial charge in [0.1, 0.15) is 4.90 Å². The van der Waals surface area contributed by atoms with Gasteiger partial charge in [-0.25, -0.2) is 21.5 Å². The molecule has 0 atom stereocenters. The Morgan fingerprint density at radius 1 is 1.25 bits per heavy atom. The second-order valence-electron chi connectivity index (χ2n) is 4.20. The van der Waals surface area contributed by atoms with Gasteiger partial charge in [0.15, 0.2) is 0 Å². The van der Waals surface area contributed by atoms with Crippen molar-refractivity contribution in [3.63, 3.8) is 0 Å². The molecule has 0 radical (unpaired) electrons. The molecule has 114 valence electrons. The van der Waals surface area contributed by atoms with Crippen molar-refractivity contribution in [2.75, 3.05) is 26.0 Å². The predicted octanol–water partition coefficient (Wildman–Crippen LogP) is 2.25. The standard InChI is InChI=1S/C11H14F4N2O2S/c1-17(2)20(18,19)9-6-4-3-5-8(9)16-7-11(14,15)10(12)13/h3-6,10,16H,7H2,1-2H3. The van der Waals surface area contributed by atoms with Gasteiger partial charge in [-0.15, -0.1) is 0 Å². The molecule has 0 amide bonds. The number of rotatable bonds is 6. The van der Waals surface area contributed by atoms with Crippen LogP contribution in [0.5, 0.6) is 0 Å². The molecule has 1 aromatic carbocycles. The van der Waals surface area contributed by atoms with E-state index in [2.05, 4.69) is 5.32 Å². The third-order valence-electron chi connectivity index (χ3n) is 2.48. The molecule has 1 rings (SSSR count). The number of anilines is 1. The maximum atomic E-state index is 12.8. The molecule has 9 heteroatoms. The lowest BCUT2D eigenvalue weighted by molar-refractivity contribution is -0.117. The van der Waals surface area contributed by atoms with Gasteiger partial charge in [-0.3, -0.25) is 0 Å². The molecule has 0 aliphatic rings. The summed E-state index contributed by atoms with van der Waals surface area (Å²) in [4.78, 5) is -0.255. The maximum absolute atomic E-state index is 12.8. The van der Waals surface area contributed by atoms with E-state index in [9.17, 15) is 26.0 Å². The van der Waals surface area contributed by atoms with Gasteiger partial charge >= 0.3 is 12.3 Å². The van der Waals surface area contributed by atoms with Crippen LogP contribution in [0.25, 0.3) is 0 Å². The highest BCUT2D eigenvalue weighted by molar-refractivity contribution is 7.89. The summed E-state index contributed by atoms with van der Waals surface area (Å²) in [7, 11) is -1.30. The number of nitrogens with zero attached hydrogens (tertiary/aromatic N) is 1. The second-order valence-corrected chi connectivity index (χ2v) is 6.32. The fourth-order valence-electron chi connectivity index (χ4n) is 1.32. The number of sulfonamides is 1. The van der Waals surface area contributed by atoms with Crippen molar-refractivity contribution in [2.45, 2.75) is 17.2 Å². The van der Waals surface area contributed by atoms with Gasteiger partial charge in [0, 0.05) is 14.1 Å². The Kier molecular flexibility index (Phi) is 4.98. The van der Waals surface area contributed by atoms with E-state index in [1.807, 2.05) is 0 Å². The van der Waals surface area contributed by atoms with Crippen molar-refractivity contribution in [2.24, 2.45) is 0 Å². The Bertz CT molecular complexity index is 561. The molecule has 0 aromatic heterocycles. The highest BCUT2D eigenvalue weighted by atomic mass is 32.2. The summed E-state index contributed by atoms with van der Waals surface area (Å²) in [6.07, 6.45) is -3.83. The Morgan fingerprint density at radius 3 is 2.30 bits per heavy atom. The first kappa shape index (κ1) is 16.7. The van der Waals surface area contributed by atoms with E-state index in [4.69, 9.17) is 0 Å². The summed E-state index contributed by atoms with van der Waals surface area (Å²) in [6, 6.07) is 5.26. The number of hydrogen-bond donors (Lipinski definition) is 1. The minimum absolute atomic E-state index is 0.151. The molecule has 0 unspecified atom stereocenters. The first-order chi connectivity index (χ1) is 9.09. The van der Waals surface area contributed by atoms with Gasteiger partial charge in [0.05, 0.1) is 12.2 Å². The molecule has 0 aliphatic carbocycles. The monoisotopic (exact) mass is 314 g/mol. The second kappa shape index (κ2) is 5.96. The lowest BCUT2D eigenvalue weighted by Crippen LogP contribution is -2.35. The zero-order valence-electron chi connectivity index (χ0n) is 10.8. The van der Waals surface area contributed by atoms with Crippen molar-refractivity contribution in [3.8, 4) is 0 Å². The smallest absolute Gasteiger partial charge is 0.324 e. The third-order valence-corrected chi connectivity index (χ3v) is 4.35. The SMILES string of the molecule is CN(C)S(=O)(=O)c1ccccc1NCC(F)(F)C(F)F. The number of nitrogens with one attached hydrogen (secondary N) is 1. The summed E-state index contributed by atoms with van der Waals surface area (Å²) in [6.45, 7) is -1.36. The van der Waals surface area contributed by atoms with Gasteiger partial charge in [0.2, 0.25) is 10.0 Å². The van der Waals surface area contributed by atoms with E-state index < -0.39 is 28.9 Å². The molecule has 20 heavy (non-hydrogen) atoms. The minimum atomic E-state index is -4.24. The van der Waals surface area contributed by atoms with Crippen LogP contribution in [0.1, 0.15) is 0 Å². The van der Waals surface area contributed by atoms with Crippen molar-refractivity contribution in [3.05, 3.63) is 24.3 Å². The molecule has 0 saturated heterocycles. The van der Waals surface area contributed by atoms with E-state index in [1.165, 1.54) is 38.4 Å². The molecule has 0 spiro atoms. The number of para-hydroxylation sites is 1. The number of halogens is 4. The van der Waals surface area contributed by atoms with Gasteiger partial charge in [-0.05, 0) is 12.1 Å². The van der Waals surface area contributed by atoms with Crippen LogP contribution in [0.3, 0.4) is 0 Å². The van der Waals surface area contributed by atoms with E-state index in [-0.39, 0.29) is 10.6 Å². The van der Waals surface area contributed by atoms with Crippen LogP contribution in [0, 0.1) is 0 Å². The lowest BCUT2D eigenvalue weighted by atomic mass is 10.3. The Labute approximate surface area is 114 Å². The first-order valence-electron chi connectivity index (χ1n) is 5.50. The molecule has 0 fully saturated rings. The number of benzene rings is 1. The highest BCUT2D eigenvalue weighted by Gasteiger charge is 2.40. The first-order valence-corrected chi connectivity index (χ1v) is 6.94. The van der Waals surface area contributed by atoms with Crippen molar-refractivity contribution in [1.82, 2.24) is 4.31 Å². The minimum Gasteiger partial charge on any atom is -0.378 e. The Hall–Kier alpha value is -1.35. The van der Waals surface area contributed by atoms with Crippen molar-refractivity contribution < 1.29 is 26.0 Å². The predicted molar refractivity (Wildman–Crippen MR) is 66.8 cm³/mol. The van der Waals surface area contributed by atoms with Crippen LogP contribution in [0.4, 0.5) is 23.2 Å². The Balaban J connectivity index is 3.05. The molecule has 0 bridgehead atoms. The zero-order valence-corrected chi connectivity index (χ0v) is 11.6. The van der Waals surface area contributed by atoms with Gasteiger partial charge in [0.25, 0.3) is 0 Å². The molecule has 0 saturated carbocycles. The molecular weight excluding hydrogens is 300 g/mol. The van der Waals surface area contributed by atoms with E-state index in [1.54, 1.807) is 0 Å². The molecular formula is C11H14F4N2O2S. The summed E-state index contributed by atoms with van der Waals surface area (Å²) in [5, 5.41) is 2.06. The van der Waals surface area contributed by atoms with E-state index in [0.717, 1.165) is 4.31 Å². The molecule has 1 aromatic rings. The van der Waals surface area contributed by atoms with Crippen molar-refractivity contribution in [1.29, 1.82) is 0 Å². The molecule has 0 heterocycles. The van der Waals surface area contributed by atoms with Crippen LogP contribution < -0.4 is 5.32 Å². The summed E-state index contributed by atoms with van der Waals surface area (Å²) >= 11 is 0. The van der Waals surface area contributed by atoms with Gasteiger partial charge in [-0.1, -0.05) is 12.1 Å². The van der Waals surface area contributed by atoms with Crippen LogP contribution >= 0.6 is 0 Å². The lowest BCUT2D eigenvalue weighted by Gasteiger charge is -2.19. The van der Waals surface area contributed by atoms with Gasteiger partial charge in [-0.2, -0.15) is 8.78 Å². The third kappa shape index (κ3) is 3.60. The summed E-state index contributed by atoms with van der Waals surface area (Å²) in [5.74, 6) is -4.24. The van der Waals surface area contributed by atoms with Crippen LogP contribution in [0.2, 0.25) is 0 Å². The fraction of sp³-hybridized carbons (Fsp3) is 0.455. The van der Waals surface area contributed by atoms with Crippen LogP contribution in [-0.4, -0.2) is 45.7 Å². The fourth-order valence-corrected chi connectivity index (χ4v) is 2.39. The maximum Gasteiger partial charge on any atom is 0.324 e. The molecule has 0 aliphatic heterocycles. The largest absolute Gasteiger partial charge is 0.378 e. The quantitative estimate of drug-likeness (QED) is 0.819. The topological polar surface area (TPSA) is 49.4 Å². The molecule has 4 nitrogen and oxygen atoms in total. The molecule has 1 N–H and O–H groups in total. The average Bonchev–Trinajstić information content (AvgIpc) is 2.36. The number of alkyl halides is 4. The number of hydrogen-bond acceptors (Lipinski definition) is 3. The van der Waals surface area contributed by atoms with Crippen LogP contribution in [-0.2, 0) is 10.0 Å². The van der Waals surface area contributed by atoms with Gasteiger partial charge < -0.3 is 5.32 Å². The van der Waals surface area contributed by atoms with E-state index >= 15 is 0 Å². The van der Waals surface area contributed by atoms with E-state index in [0.29, 0.717) is 0 Å². The zero-order chi connectivity index (χ0) is 15.6. The average molecular weight is 314 g/mol. The summed E-state index contributed by atoms with van der Waals surface area (Å²) in [5.41, 5.74) is -0.151. The Morgan fingerprint density at radius 2 is 1.80 bits per heavy atom.